The summed E-state index contributed by atoms with van der Waals surface area (Å²) in [5.74, 6) is 0.249. The third-order valence-electron chi connectivity index (χ3n) is 4.69. The van der Waals surface area contributed by atoms with Crippen LogP contribution < -0.4 is 21.9 Å². The van der Waals surface area contributed by atoms with Gasteiger partial charge in [-0.05, 0) is 12.5 Å². The molecule has 0 radical (unpaired) electrons. The number of nitrogens with zero attached hydrogens (tertiary/aromatic N) is 3. The van der Waals surface area contributed by atoms with Crippen molar-refractivity contribution in [2.45, 2.75) is 19.0 Å². The van der Waals surface area contributed by atoms with E-state index in [1.165, 1.54) is 6.33 Å². The summed E-state index contributed by atoms with van der Waals surface area (Å²) in [5.41, 5.74) is 14.6. The van der Waals surface area contributed by atoms with Crippen LogP contribution in [0.25, 0.3) is 0 Å². The third-order valence-corrected chi connectivity index (χ3v) is 4.69. The molecule has 0 spiro atoms. The molecule has 1 saturated heterocycles. The van der Waals surface area contributed by atoms with Crippen LogP contribution in [0.1, 0.15) is 24.6 Å². The fourth-order valence-electron chi connectivity index (χ4n) is 3.64. The van der Waals surface area contributed by atoms with Gasteiger partial charge < -0.3 is 11.1 Å². The number of allylic oxidation sites excluding steroid dienone is 1. The topological polar surface area (TPSA) is 110 Å². The lowest BCUT2D eigenvalue weighted by atomic mass is 9.83. The highest BCUT2D eigenvalue weighted by Crippen LogP contribution is 2.41. The Morgan fingerprint density at radius 2 is 2.12 bits per heavy atom. The number of primary amides is 1. The molecule has 3 unspecified atom stereocenters. The first-order chi connectivity index (χ1) is 11.7. The highest BCUT2D eigenvalue weighted by Gasteiger charge is 2.42. The van der Waals surface area contributed by atoms with E-state index in [0.29, 0.717) is 18.1 Å². The van der Waals surface area contributed by atoms with Crippen LogP contribution in [0.2, 0.25) is 0 Å². The minimum absolute atomic E-state index is 0.0356. The number of carbonyl (C=O) groups excluding carboxylic acids is 1. The first-order valence-corrected chi connectivity index (χ1v) is 7.87. The molecule has 2 aliphatic rings. The van der Waals surface area contributed by atoms with Crippen LogP contribution in [-0.4, -0.2) is 27.2 Å². The zero-order chi connectivity index (χ0) is 16.7. The molecular weight excluding hydrogens is 306 g/mol. The summed E-state index contributed by atoms with van der Waals surface area (Å²) < 4.78 is 1.75. The Balaban J connectivity index is 1.80. The van der Waals surface area contributed by atoms with Gasteiger partial charge in [0.15, 0.2) is 0 Å². The summed E-state index contributed by atoms with van der Waals surface area (Å²) in [5, 5.41) is 7.43. The maximum atomic E-state index is 12.1. The van der Waals surface area contributed by atoms with Gasteiger partial charge in [-0.2, -0.15) is 10.1 Å². The number of nitrogens with two attached hydrogens (primary N) is 1. The van der Waals surface area contributed by atoms with E-state index < -0.39 is 5.91 Å². The smallest absolute Gasteiger partial charge is 0.248 e. The lowest BCUT2D eigenvalue weighted by Gasteiger charge is -2.33. The summed E-state index contributed by atoms with van der Waals surface area (Å²) in [6.45, 7) is 2.53. The summed E-state index contributed by atoms with van der Waals surface area (Å²) in [4.78, 5) is 16.4. The van der Waals surface area contributed by atoms with Crippen LogP contribution in [0.3, 0.4) is 0 Å². The Morgan fingerprint density at radius 1 is 1.33 bits per heavy atom. The summed E-state index contributed by atoms with van der Waals surface area (Å²) in [6.07, 6.45) is 1.49. The Morgan fingerprint density at radius 3 is 2.88 bits per heavy atom. The normalized spacial score (nSPS) is 26.1. The van der Waals surface area contributed by atoms with E-state index in [-0.39, 0.29) is 18.0 Å². The Kier molecular flexibility index (Phi) is 3.55. The van der Waals surface area contributed by atoms with Crippen molar-refractivity contribution in [3.8, 4) is 0 Å². The predicted molar refractivity (Wildman–Crippen MR) is 88.4 cm³/mol. The van der Waals surface area contributed by atoms with E-state index in [2.05, 4.69) is 38.4 Å². The van der Waals surface area contributed by atoms with Crippen molar-refractivity contribution in [1.29, 1.82) is 0 Å². The Hall–Kier alpha value is -2.71. The van der Waals surface area contributed by atoms with Gasteiger partial charge in [-0.3, -0.25) is 10.2 Å². The van der Waals surface area contributed by atoms with Crippen LogP contribution in [0.5, 0.6) is 0 Å². The number of rotatable bonds is 3. The number of aromatic nitrogens is 3. The quantitative estimate of drug-likeness (QED) is 0.653. The van der Waals surface area contributed by atoms with Crippen molar-refractivity contribution in [2.24, 2.45) is 11.7 Å². The van der Waals surface area contributed by atoms with Crippen LogP contribution in [0, 0.1) is 5.92 Å². The molecule has 5 N–H and O–H groups in total. The van der Waals surface area contributed by atoms with Gasteiger partial charge in [-0.1, -0.05) is 30.3 Å². The summed E-state index contributed by atoms with van der Waals surface area (Å²) >= 11 is 0. The van der Waals surface area contributed by atoms with Gasteiger partial charge in [0.25, 0.3) is 0 Å². The summed E-state index contributed by atoms with van der Waals surface area (Å²) in [7, 11) is 0. The van der Waals surface area contributed by atoms with Crippen molar-refractivity contribution in [3.05, 3.63) is 53.5 Å². The molecule has 0 aliphatic carbocycles. The van der Waals surface area contributed by atoms with Gasteiger partial charge in [-0.25, -0.2) is 10.1 Å². The molecule has 3 heterocycles. The second-order valence-corrected chi connectivity index (χ2v) is 6.08. The first kappa shape index (κ1) is 14.9. The first-order valence-electron chi connectivity index (χ1n) is 7.87. The van der Waals surface area contributed by atoms with Crippen LogP contribution >= 0.6 is 0 Å². The van der Waals surface area contributed by atoms with E-state index in [1.54, 1.807) is 4.68 Å². The average molecular weight is 325 g/mol. The molecule has 1 aromatic heterocycles. The van der Waals surface area contributed by atoms with E-state index in [1.807, 2.05) is 25.1 Å². The molecule has 0 saturated carbocycles. The second kappa shape index (κ2) is 5.73. The third kappa shape index (κ3) is 2.27. The van der Waals surface area contributed by atoms with E-state index in [4.69, 9.17) is 5.73 Å². The van der Waals surface area contributed by atoms with Gasteiger partial charge >= 0.3 is 0 Å². The molecule has 2 aromatic rings. The fraction of sp³-hybridized carbons (Fsp3) is 0.312. The molecular formula is C16H19N7O. The fourth-order valence-corrected chi connectivity index (χ4v) is 3.64. The number of hydrogen-bond donors (Lipinski definition) is 4. The number of hydrogen-bond acceptors (Lipinski definition) is 6. The number of nitrogens with one attached hydrogen (secondary N) is 3. The number of benzene rings is 1. The molecule has 2 aliphatic heterocycles. The molecule has 1 amide bonds. The molecule has 1 aromatic carbocycles. The molecule has 24 heavy (non-hydrogen) atoms. The van der Waals surface area contributed by atoms with Crippen molar-refractivity contribution < 1.29 is 4.79 Å². The number of fused-ring (bicyclic) bond motifs is 1. The minimum Gasteiger partial charge on any atom is -0.366 e. The molecule has 124 valence electrons. The Bertz CT molecular complexity index is 798. The largest absolute Gasteiger partial charge is 0.366 e. The van der Waals surface area contributed by atoms with Gasteiger partial charge in [0.1, 0.15) is 6.33 Å². The van der Waals surface area contributed by atoms with Crippen molar-refractivity contribution >= 4 is 11.9 Å². The average Bonchev–Trinajstić information content (AvgIpc) is 3.23. The van der Waals surface area contributed by atoms with Crippen molar-refractivity contribution in [2.75, 3.05) is 11.9 Å². The lowest BCUT2D eigenvalue weighted by Crippen LogP contribution is -2.37. The Labute approximate surface area is 139 Å². The molecule has 8 nitrogen and oxygen atoms in total. The molecule has 0 bridgehead atoms. The molecule has 4 rings (SSSR count). The second-order valence-electron chi connectivity index (χ2n) is 6.08. The zero-order valence-electron chi connectivity index (χ0n) is 13.2. The highest BCUT2D eigenvalue weighted by atomic mass is 16.1. The number of anilines is 1. The predicted octanol–water partition coefficient (Wildman–Crippen LogP) is 0.469. The maximum absolute atomic E-state index is 12.1. The molecule has 8 heteroatoms. The van der Waals surface area contributed by atoms with Crippen molar-refractivity contribution in [3.63, 3.8) is 0 Å². The minimum atomic E-state index is -0.440. The lowest BCUT2D eigenvalue weighted by molar-refractivity contribution is -0.115. The number of carbonyl (C=O) groups is 1. The number of hydrazine groups is 1. The monoisotopic (exact) mass is 325 g/mol. The summed E-state index contributed by atoms with van der Waals surface area (Å²) in [6, 6.07) is 9.89. The molecule has 1 fully saturated rings. The van der Waals surface area contributed by atoms with E-state index >= 15 is 0 Å². The number of amides is 1. The van der Waals surface area contributed by atoms with Gasteiger partial charge in [0.2, 0.25) is 11.9 Å². The van der Waals surface area contributed by atoms with Crippen LogP contribution in [-0.2, 0) is 4.79 Å². The SMILES string of the molecule is CC1=C(C(N)=O)C(C2CNNC2c2ccccc2)n2ncnc2N1. The standard InChI is InChI=1S/C16H19N7O/c1-9-12(15(17)24)14(23-16(21-9)18-8-20-23)11-7-19-22-13(11)10-5-3-2-4-6-10/h2-6,8,11,13-14,19,22H,7H2,1H3,(H2,17,24)(H,18,20,21). The van der Waals surface area contributed by atoms with E-state index in [0.717, 1.165) is 11.3 Å². The molecule has 3 atom stereocenters. The zero-order valence-corrected chi connectivity index (χ0v) is 13.2. The van der Waals surface area contributed by atoms with Crippen molar-refractivity contribution in [1.82, 2.24) is 25.6 Å². The van der Waals surface area contributed by atoms with Crippen LogP contribution in [0.15, 0.2) is 47.9 Å². The highest BCUT2D eigenvalue weighted by molar-refractivity contribution is 5.94. The van der Waals surface area contributed by atoms with Gasteiger partial charge in [-0.15, -0.1) is 0 Å². The van der Waals surface area contributed by atoms with Crippen LogP contribution in [0.4, 0.5) is 5.95 Å². The van der Waals surface area contributed by atoms with Gasteiger partial charge in [0.05, 0.1) is 17.7 Å². The maximum Gasteiger partial charge on any atom is 0.248 e. The van der Waals surface area contributed by atoms with Gasteiger partial charge in [0, 0.05) is 18.2 Å². The van der Waals surface area contributed by atoms with E-state index in [9.17, 15) is 4.79 Å².